The Hall–Kier alpha value is -1.13. The van der Waals surface area contributed by atoms with Crippen LogP contribution in [0.15, 0.2) is 18.3 Å². The number of aromatic nitrogens is 1. The average molecular weight is 238 g/mol. The molecule has 1 aromatic heterocycles. The standard InChI is InChI=1S/C13H22N2O2/c1-2-3-9-17-10-5-8-15-13-12(11-16)6-4-7-14-13/h4,6-7,16H,2-3,5,8-11H2,1H3,(H,14,15). The molecule has 4 nitrogen and oxygen atoms in total. The summed E-state index contributed by atoms with van der Waals surface area (Å²) in [6, 6.07) is 3.69. The van der Waals surface area contributed by atoms with Gasteiger partial charge in [0.2, 0.25) is 0 Å². The van der Waals surface area contributed by atoms with E-state index in [0.717, 1.165) is 44.0 Å². The van der Waals surface area contributed by atoms with Crippen LogP contribution in [0.2, 0.25) is 0 Å². The second-order valence-corrected chi connectivity index (χ2v) is 3.92. The van der Waals surface area contributed by atoms with E-state index in [1.165, 1.54) is 6.42 Å². The molecule has 0 spiro atoms. The van der Waals surface area contributed by atoms with Crippen molar-refractivity contribution >= 4 is 5.82 Å². The number of nitrogens with zero attached hydrogens (tertiary/aromatic N) is 1. The molecule has 17 heavy (non-hydrogen) atoms. The van der Waals surface area contributed by atoms with Crippen molar-refractivity contribution in [2.24, 2.45) is 0 Å². The first-order chi connectivity index (χ1) is 8.38. The maximum absolute atomic E-state index is 9.11. The van der Waals surface area contributed by atoms with E-state index in [1.54, 1.807) is 6.20 Å². The Balaban J connectivity index is 2.13. The molecule has 0 unspecified atom stereocenters. The highest BCUT2D eigenvalue weighted by atomic mass is 16.5. The van der Waals surface area contributed by atoms with Crippen molar-refractivity contribution in [2.45, 2.75) is 32.8 Å². The Labute approximate surface area is 103 Å². The first kappa shape index (κ1) is 13.9. The van der Waals surface area contributed by atoms with Crippen LogP contribution in [-0.4, -0.2) is 29.8 Å². The molecule has 0 aromatic carbocycles. The number of aliphatic hydroxyl groups is 1. The van der Waals surface area contributed by atoms with Gasteiger partial charge in [0.1, 0.15) is 5.82 Å². The van der Waals surface area contributed by atoms with Crippen molar-refractivity contribution in [3.63, 3.8) is 0 Å². The van der Waals surface area contributed by atoms with Crippen LogP contribution >= 0.6 is 0 Å². The Kier molecular flexibility index (Phi) is 7.34. The third-order valence-corrected chi connectivity index (χ3v) is 2.46. The second kappa shape index (κ2) is 8.96. The normalized spacial score (nSPS) is 10.5. The average Bonchev–Trinajstić information content (AvgIpc) is 2.38. The van der Waals surface area contributed by atoms with Crippen molar-refractivity contribution < 1.29 is 9.84 Å². The third-order valence-electron chi connectivity index (χ3n) is 2.46. The molecule has 0 radical (unpaired) electrons. The van der Waals surface area contributed by atoms with Crippen LogP contribution in [-0.2, 0) is 11.3 Å². The number of unbranched alkanes of at least 4 members (excludes halogenated alkanes) is 1. The summed E-state index contributed by atoms with van der Waals surface area (Å²) in [5.41, 5.74) is 0.833. The van der Waals surface area contributed by atoms with Gasteiger partial charge in [0.25, 0.3) is 0 Å². The Morgan fingerprint density at radius 1 is 1.35 bits per heavy atom. The predicted octanol–water partition coefficient (Wildman–Crippen LogP) is 2.19. The van der Waals surface area contributed by atoms with E-state index in [4.69, 9.17) is 9.84 Å². The molecule has 0 aliphatic rings. The van der Waals surface area contributed by atoms with Crippen LogP contribution in [0, 0.1) is 0 Å². The van der Waals surface area contributed by atoms with Gasteiger partial charge in [0, 0.05) is 31.5 Å². The maximum atomic E-state index is 9.11. The Morgan fingerprint density at radius 2 is 2.18 bits per heavy atom. The third kappa shape index (κ3) is 5.65. The van der Waals surface area contributed by atoms with E-state index in [2.05, 4.69) is 17.2 Å². The molecule has 1 aromatic rings. The molecule has 0 atom stereocenters. The van der Waals surface area contributed by atoms with Gasteiger partial charge < -0.3 is 15.2 Å². The summed E-state index contributed by atoms with van der Waals surface area (Å²) in [4.78, 5) is 4.18. The minimum atomic E-state index is 0.0170. The van der Waals surface area contributed by atoms with Gasteiger partial charge in [-0.2, -0.15) is 0 Å². The van der Waals surface area contributed by atoms with E-state index in [9.17, 15) is 0 Å². The molecule has 0 amide bonds. The molecule has 1 heterocycles. The lowest BCUT2D eigenvalue weighted by Crippen LogP contribution is -2.09. The van der Waals surface area contributed by atoms with Crippen molar-refractivity contribution in [1.29, 1.82) is 0 Å². The summed E-state index contributed by atoms with van der Waals surface area (Å²) in [6.45, 7) is 4.61. The molecule has 0 aliphatic heterocycles. The smallest absolute Gasteiger partial charge is 0.131 e. The van der Waals surface area contributed by atoms with Gasteiger partial charge in [-0.15, -0.1) is 0 Å². The predicted molar refractivity (Wildman–Crippen MR) is 69.0 cm³/mol. The number of anilines is 1. The van der Waals surface area contributed by atoms with Gasteiger partial charge in [0.05, 0.1) is 6.61 Å². The van der Waals surface area contributed by atoms with Gasteiger partial charge in [-0.05, 0) is 18.9 Å². The maximum Gasteiger partial charge on any atom is 0.131 e. The van der Waals surface area contributed by atoms with E-state index in [0.29, 0.717) is 0 Å². The molecule has 96 valence electrons. The minimum absolute atomic E-state index is 0.0170. The highest BCUT2D eigenvalue weighted by Gasteiger charge is 2.00. The summed E-state index contributed by atoms with van der Waals surface area (Å²) in [7, 11) is 0. The first-order valence-electron chi connectivity index (χ1n) is 6.24. The van der Waals surface area contributed by atoms with Crippen molar-refractivity contribution in [3.8, 4) is 0 Å². The van der Waals surface area contributed by atoms with Crippen LogP contribution in [0.25, 0.3) is 0 Å². The van der Waals surface area contributed by atoms with Crippen LogP contribution in [0.4, 0.5) is 5.82 Å². The Bertz CT molecular complexity index is 305. The largest absolute Gasteiger partial charge is 0.392 e. The van der Waals surface area contributed by atoms with Gasteiger partial charge >= 0.3 is 0 Å². The summed E-state index contributed by atoms with van der Waals surface area (Å²) in [5, 5.41) is 12.3. The highest BCUT2D eigenvalue weighted by molar-refractivity contribution is 5.42. The molecule has 0 saturated carbocycles. The number of rotatable bonds is 9. The highest BCUT2D eigenvalue weighted by Crippen LogP contribution is 2.10. The zero-order chi connectivity index (χ0) is 12.3. The SMILES string of the molecule is CCCCOCCCNc1ncccc1CO. The number of ether oxygens (including phenoxy) is 1. The van der Waals surface area contributed by atoms with E-state index >= 15 is 0 Å². The fourth-order valence-corrected chi connectivity index (χ4v) is 1.45. The zero-order valence-electron chi connectivity index (χ0n) is 10.5. The molecule has 0 bridgehead atoms. The van der Waals surface area contributed by atoms with E-state index in [-0.39, 0.29) is 6.61 Å². The van der Waals surface area contributed by atoms with Gasteiger partial charge in [-0.3, -0.25) is 0 Å². The molecule has 1 rings (SSSR count). The van der Waals surface area contributed by atoms with Crippen molar-refractivity contribution in [3.05, 3.63) is 23.9 Å². The fourth-order valence-electron chi connectivity index (χ4n) is 1.45. The molecule has 0 fully saturated rings. The monoisotopic (exact) mass is 238 g/mol. The van der Waals surface area contributed by atoms with Crippen LogP contribution in [0.3, 0.4) is 0 Å². The van der Waals surface area contributed by atoms with Crippen molar-refractivity contribution in [1.82, 2.24) is 4.98 Å². The Morgan fingerprint density at radius 3 is 2.94 bits per heavy atom. The summed E-state index contributed by atoms with van der Waals surface area (Å²) < 4.78 is 5.46. The molecular weight excluding hydrogens is 216 g/mol. The molecule has 0 saturated heterocycles. The molecular formula is C13H22N2O2. The second-order valence-electron chi connectivity index (χ2n) is 3.92. The van der Waals surface area contributed by atoms with Gasteiger partial charge in [-0.1, -0.05) is 19.4 Å². The quantitative estimate of drug-likeness (QED) is 0.648. The zero-order valence-corrected chi connectivity index (χ0v) is 10.5. The summed E-state index contributed by atoms with van der Waals surface area (Å²) >= 11 is 0. The van der Waals surface area contributed by atoms with E-state index in [1.807, 2.05) is 12.1 Å². The number of hydrogen-bond acceptors (Lipinski definition) is 4. The lowest BCUT2D eigenvalue weighted by molar-refractivity contribution is 0.131. The molecule has 4 heteroatoms. The fraction of sp³-hybridized carbons (Fsp3) is 0.615. The number of aliphatic hydroxyl groups excluding tert-OH is 1. The van der Waals surface area contributed by atoms with Crippen LogP contribution in [0.5, 0.6) is 0 Å². The van der Waals surface area contributed by atoms with Gasteiger partial charge in [0.15, 0.2) is 0 Å². The van der Waals surface area contributed by atoms with E-state index < -0.39 is 0 Å². The lowest BCUT2D eigenvalue weighted by atomic mass is 10.2. The number of nitrogens with one attached hydrogen (secondary N) is 1. The lowest BCUT2D eigenvalue weighted by Gasteiger charge is -2.09. The first-order valence-corrected chi connectivity index (χ1v) is 6.24. The topological polar surface area (TPSA) is 54.4 Å². The van der Waals surface area contributed by atoms with Crippen LogP contribution in [0.1, 0.15) is 31.7 Å². The summed E-state index contributed by atoms with van der Waals surface area (Å²) in [5.74, 6) is 0.767. The minimum Gasteiger partial charge on any atom is -0.392 e. The van der Waals surface area contributed by atoms with Crippen molar-refractivity contribution in [2.75, 3.05) is 25.1 Å². The summed E-state index contributed by atoms with van der Waals surface area (Å²) in [6.07, 6.45) is 4.97. The van der Waals surface area contributed by atoms with Gasteiger partial charge in [-0.25, -0.2) is 4.98 Å². The van der Waals surface area contributed by atoms with Crippen LogP contribution < -0.4 is 5.32 Å². The molecule has 2 N–H and O–H groups in total. The number of pyridine rings is 1. The number of hydrogen-bond donors (Lipinski definition) is 2. The molecule has 0 aliphatic carbocycles.